The van der Waals surface area contributed by atoms with Gasteiger partial charge in [0.2, 0.25) is 0 Å². The van der Waals surface area contributed by atoms with Gasteiger partial charge in [-0.2, -0.15) is 0 Å². The van der Waals surface area contributed by atoms with Gasteiger partial charge in [-0.25, -0.2) is 4.79 Å². The molecule has 0 heterocycles. The summed E-state index contributed by atoms with van der Waals surface area (Å²) in [5.74, 6) is 0.183. The maximum atomic E-state index is 12.2. The van der Waals surface area contributed by atoms with Gasteiger partial charge < -0.3 is 14.8 Å². The number of halogens is 1. The van der Waals surface area contributed by atoms with Crippen molar-refractivity contribution in [3.8, 4) is 11.5 Å². The predicted molar refractivity (Wildman–Crippen MR) is 107 cm³/mol. The number of ether oxygens (including phenoxy) is 2. The summed E-state index contributed by atoms with van der Waals surface area (Å²) in [5, 5.41) is 3.31. The zero-order chi connectivity index (χ0) is 19.8. The lowest BCUT2D eigenvalue weighted by atomic mass is 10.2. The molecule has 0 aliphatic carbocycles. The van der Waals surface area contributed by atoms with Crippen LogP contribution in [-0.4, -0.2) is 18.5 Å². The molecule has 0 saturated carbocycles. The summed E-state index contributed by atoms with van der Waals surface area (Å²) in [6.45, 7) is -0.0376. The van der Waals surface area contributed by atoms with Crippen LogP contribution in [0.25, 0.3) is 0 Å². The average Bonchev–Trinajstić information content (AvgIpc) is 2.72. The number of amides is 1. The fourth-order valence-electron chi connectivity index (χ4n) is 2.38. The van der Waals surface area contributed by atoms with E-state index in [1.807, 2.05) is 42.5 Å². The van der Waals surface area contributed by atoms with Crippen molar-refractivity contribution < 1.29 is 19.1 Å². The summed E-state index contributed by atoms with van der Waals surface area (Å²) in [6.07, 6.45) is 0. The van der Waals surface area contributed by atoms with Crippen LogP contribution in [-0.2, 0) is 16.1 Å². The molecular weight excluding hydrogens is 378 g/mol. The topological polar surface area (TPSA) is 64.6 Å². The number of esters is 1. The third-order valence-electron chi connectivity index (χ3n) is 3.79. The third-order valence-corrected chi connectivity index (χ3v) is 4.04. The number of hydrogen-bond donors (Lipinski definition) is 1. The Labute approximate surface area is 167 Å². The second-order valence-corrected chi connectivity index (χ2v) is 6.36. The van der Waals surface area contributed by atoms with E-state index in [0.29, 0.717) is 28.6 Å². The summed E-state index contributed by atoms with van der Waals surface area (Å²) in [5.41, 5.74) is 1.20. The molecule has 5 nitrogen and oxygen atoms in total. The average molecular weight is 396 g/mol. The minimum Gasteiger partial charge on any atom is -0.457 e. The fourth-order valence-corrected chi connectivity index (χ4v) is 2.51. The van der Waals surface area contributed by atoms with E-state index in [1.54, 1.807) is 36.4 Å². The molecule has 3 aromatic rings. The van der Waals surface area contributed by atoms with E-state index >= 15 is 0 Å². The van der Waals surface area contributed by atoms with Crippen LogP contribution in [0.1, 0.15) is 15.9 Å². The standard InChI is InChI=1S/C22H18ClNO4/c23-18-11-9-16(10-12-18)14-24-21(25)15-27-22(26)17-5-4-8-20(13-17)28-19-6-2-1-3-7-19/h1-13H,14-15H2,(H,24,25). The van der Waals surface area contributed by atoms with Gasteiger partial charge in [-0.15, -0.1) is 0 Å². The Morgan fingerprint density at radius 2 is 1.57 bits per heavy atom. The molecule has 0 aromatic heterocycles. The van der Waals surface area contributed by atoms with E-state index in [2.05, 4.69) is 5.32 Å². The van der Waals surface area contributed by atoms with Gasteiger partial charge in [0.15, 0.2) is 6.61 Å². The minimum atomic E-state index is -0.597. The van der Waals surface area contributed by atoms with Gasteiger partial charge in [0.1, 0.15) is 11.5 Å². The quantitative estimate of drug-likeness (QED) is 0.593. The first-order chi connectivity index (χ1) is 13.6. The highest BCUT2D eigenvalue weighted by Gasteiger charge is 2.11. The van der Waals surface area contributed by atoms with Crippen LogP contribution in [0.5, 0.6) is 11.5 Å². The van der Waals surface area contributed by atoms with Crippen LogP contribution < -0.4 is 10.1 Å². The first-order valence-corrected chi connectivity index (χ1v) is 8.99. The highest BCUT2D eigenvalue weighted by Crippen LogP contribution is 2.22. The van der Waals surface area contributed by atoms with Crippen molar-refractivity contribution in [3.05, 3.63) is 95.0 Å². The Morgan fingerprint density at radius 3 is 2.32 bits per heavy atom. The molecule has 0 aliphatic rings. The molecular formula is C22H18ClNO4. The first-order valence-electron chi connectivity index (χ1n) is 8.61. The molecule has 3 rings (SSSR count). The highest BCUT2D eigenvalue weighted by molar-refractivity contribution is 6.30. The van der Waals surface area contributed by atoms with E-state index in [-0.39, 0.29) is 12.5 Å². The highest BCUT2D eigenvalue weighted by atomic mass is 35.5. The Hall–Kier alpha value is -3.31. The van der Waals surface area contributed by atoms with Crippen molar-refractivity contribution in [2.45, 2.75) is 6.54 Å². The van der Waals surface area contributed by atoms with Gasteiger partial charge in [-0.05, 0) is 48.0 Å². The van der Waals surface area contributed by atoms with Crippen LogP contribution in [0.2, 0.25) is 5.02 Å². The van der Waals surface area contributed by atoms with Crippen molar-refractivity contribution in [1.29, 1.82) is 0 Å². The lowest BCUT2D eigenvalue weighted by Crippen LogP contribution is -2.28. The van der Waals surface area contributed by atoms with Crippen molar-refractivity contribution in [2.75, 3.05) is 6.61 Å². The van der Waals surface area contributed by atoms with Gasteiger partial charge in [-0.3, -0.25) is 4.79 Å². The van der Waals surface area contributed by atoms with Crippen LogP contribution in [0.4, 0.5) is 0 Å². The second kappa shape index (κ2) is 9.58. The Morgan fingerprint density at radius 1 is 0.857 bits per heavy atom. The number of carbonyl (C=O) groups is 2. The van der Waals surface area contributed by atoms with E-state index in [4.69, 9.17) is 21.1 Å². The summed E-state index contributed by atoms with van der Waals surface area (Å²) in [4.78, 5) is 24.1. The lowest BCUT2D eigenvalue weighted by Gasteiger charge is -2.09. The van der Waals surface area contributed by atoms with Crippen LogP contribution in [0, 0.1) is 0 Å². The SMILES string of the molecule is O=C(COC(=O)c1cccc(Oc2ccccc2)c1)NCc1ccc(Cl)cc1. The molecule has 0 fully saturated rings. The maximum Gasteiger partial charge on any atom is 0.338 e. The number of benzene rings is 3. The third kappa shape index (κ3) is 5.86. The van der Waals surface area contributed by atoms with Crippen molar-refractivity contribution in [1.82, 2.24) is 5.32 Å². The Kier molecular flexibility index (Phi) is 6.65. The molecule has 1 amide bonds. The molecule has 0 atom stereocenters. The number of nitrogens with one attached hydrogen (secondary N) is 1. The van der Waals surface area contributed by atoms with Gasteiger partial charge in [0.05, 0.1) is 5.56 Å². The Bertz CT molecular complexity index is 942. The predicted octanol–water partition coefficient (Wildman–Crippen LogP) is 4.61. The molecule has 0 bridgehead atoms. The zero-order valence-electron chi connectivity index (χ0n) is 14.9. The maximum absolute atomic E-state index is 12.2. The number of para-hydroxylation sites is 1. The lowest BCUT2D eigenvalue weighted by molar-refractivity contribution is -0.124. The summed E-state index contributed by atoms with van der Waals surface area (Å²) in [6, 6.07) is 22.9. The van der Waals surface area contributed by atoms with Gasteiger partial charge in [-0.1, -0.05) is 48.0 Å². The molecule has 142 valence electrons. The van der Waals surface area contributed by atoms with Crippen LogP contribution in [0.15, 0.2) is 78.9 Å². The number of carbonyl (C=O) groups excluding carboxylic acids is 2. The van der Waals surface area contributed by atoms with Gasteiger partial charge in [0.25, 0.3) is 5.91 Å². The monoisotopic (exact) mass is 395 g/mol. The normalized spacial score (nSPS) is 10.2. The molecule has 3 aromatic carbocycles. The van der Waals surface area contributed by atoms with Crippen molar-refractivity contribution in [3.63, 3.8) is 0 Å². The van der Waals surface area contributed by atoms with Crippen LogP contribution in [0.3, 0.4) is 0 Å². The van der Waals surface area contributed by atoms with Gasteiger partial charge in [0, 0.05) is 11.6 Å². The largest absolute Gasteiger partial charge is 0.457 e. The second-order valence-electron chi connectivity index (χ2n) is 5.92. The van der Waals surface area contributed by atoms with E-state index in [1.165, 1.54) is 0 Å². The summed E-state index contributed by atoms with van der Waals surface area (Å²) >= 11 is 5.82. The fraction of sp³-hybridized carbons (Fsp3) is 0.0909. The van der Waals surface area contributed by atoms with Crippen molar-refractivity contribution >= 4 is 23.5 Å². The molecule has 0 radical (unpaired) electrons. The van der Waals surface area contributed by atoms with E-state index < -0.39 is 5.97 Å². The number of rotatable bonds is 7. The minimum absolute atomic E-state index is 0.305. The molecule has 0 saturated heterocycles. The van der Waals surface area contributed by atoms with E-state index in [0.717, 1.165) is 5.56 Å². The van der Waals surface area contributed by atoms with Crippen LogP contribution >= 0.6 is 11.6 Å². The van der Waals surface area contributed by atoms with Crippen molar-refractivity contribution in [2.24, 2.45) is 0 Å². The zero-order valence-corrected chi connectivity index (χ0v) is 15.7. The van der Waals surface area contributed by atoms with E-state index in [9.17, 15) is 9.59 Å². The molecule has 28 heavy (non-hydrogen) atoms. The summed E-state index contributed by atoms with van der Waals surface area (Å²) < 4.78 is 10.8. The molecule has 0 unspecified atom stereocenters. The number of hydrogen-bond acceptors (Lipinski definition) is 4. The molecule has 6 heteroatoms. The van der Waals surface area contributed by atoms with Gasteiger partial charge >= 0.3 is 5.97 Å². The summed E-state index contributed by atoms with van der Waals surface area (Å²) in [7, 11) is 0. The molecule has 1 N–H and O–H groups in total. The first kappa shape index (κ1) is 19.5. The molecule has 0 aliphatic heterocycles. The smallest absolute Gasteiger partial charge is 0.338 e. The Balaban J connectivity index is 1.49. The molecule has 0 spiro atoms.